The van der Waals surface area contributed by atoms with Gasteiger partial charge in [-0.25, -0.2) is 4.79 Å². The number of carbonyl (C=O) groups is 1. The first-order chi connectivity index (χ1) is 7.85. The lowest BCUT2D eigenvalue weighted by Gasteiger charge is -2.16. The molecule has 0 bridgehead atoms. The Balaban J connectivity index is 0.000000249. The molecule has 1 aliphatic rings. The van der Waals surface area contributed by atoms with E-state index < -0.39 is 6.09 Å². The highest BCUT2D eigenvalue weighted by Crippen LogP contribution is 2.40. The average Bonchev–Trinajstić information content (AvgIpc) is 2.55. The Morgan fingerprint density at radius 3 is 2.53 bits per heavy atom. The first-order valence-electron chi connectivity index (χ1n) is 5.26. The normalized spacial score (nSPS) is 15.0. The van der Waals surface area contributed by atoms with Gasteiger partial charge in [0.2, 0.25) is 0 Å². The minimum Gasteiger partial charge on any atom is -0.504 e. The SMILES string of the molecule is CC1(C)Cc2cccc(O)c2O1.CNC(=O)O. The molecule has 0 saturated heterocycles. The van der Waals surface area contributed by atoms with Crippen LogP contribution in [0.5, 0.6) is 11.5 Å². The van der Waals surface area contributed by atoms with Gasteiger partial charge >= 0.3 is 6.09 Å². The maximum atomic E-state index is 9.44. The second kappa shape index (κ2) is 4.95. The number of phenolic OH excluding ortho intramolecular Hbond substituents is 1. The summed E-state index contributed by atoms with van der Waals surface area (Å²) in [5, 5.41) is 19.0. The summed E-state index contributed by atoms with van der Waals surface area (Å²) >= 11 is 0. The molecule has 0 aromatic heterocycles. The Morgan fingerprint density at radius 1 is 1.47 bits per heavy atom. The summed E-state index contributed by atoms with van der Waals surface area (Å²) in [4.78, 5) is 9.26. The van der Waals surface area contributed by atoms with E-state index in [4.69, 9.17) is 9.84 Å². The van der Waals surface area contributed by atoms with Gasteiger partial charge in [-0.3, -0.25) is 0 Å². The third-order valence-electron chi connectivity index (χ3n) is 2.28. The van der Waals surface area contributed by atoms with Crippen LogP contribution in [0.1, 0.15) is 19.4 Å². The lowest BCUT2D eigenvalue weighted by molar-refractivity contribution is 0.134. The van der Waals surface area contributed by atoms with Crippen LogP contribution in [0.3, 0.4) is 0 Å². The molecule has 0 saturated carbocycles. The molecule has 5 heteroatoms. The van der Waals surface area contributed by atoms with Gasteiger partial charge in [-0.15, -0.1) is 0 Å². The van der Waals surface area contributed by atoms with Gasteiger partial charge in [0.1, 0.15) is 5.60 Å². The van der Waals surface area contributed by atoms with E-state index >= 15 is 0 Å². The fraction of sp³-hybridized carbons (Fsp3) is 0.417. The molecule has 0 aliphatic carbocycles. The molecule has 0 spiro atoms. The van der Waals surface area contributed by atoms with Crippen LogP contribution in [0.15, 0.2) is 18.2 Å². The van der Waals surface area contributed by atoms with Crippen LogP contribution in [0.25, 0.3) is 0 Å². The van der Waals surface area contributed by atoms with Gasteiger partial charge in [-0.05, 0) is 19.9 Å². The van der Waals surface area contributed by atoms with Crippen LogP contribution in [0, 0.1) is 0 Å². The fourth-order valence-corrected chi connectivity index (χ4v) is 1.60. The molecule has 3 N–H and O–H groups in total. The standard InChI is InChI=1S/C10H12O2.C2H5NO2/c1-10(2)6-7-4-3-5-8(11)9(7)12-10;1-3-2(4)5/h3-5,11H,6H2,1-2H3;3H,1H3,(H,4,5). The van der Waals surface area contributed by atoms with Crippen molar-refractivity contribution in [1.82, 2.24) is 5.32 Å². The Hall–Kier alpha value is -1.91. The molecular formula is C12H17NO4. The maximum Gasteiger partial charge on any atom is 0.404 e. The number of nitrogens with one attached hydrogen (secondary N) is 1. The van der Waals surface area contributed by atoms with Gasteiger partial charge in [-0.2, -0.15) is 0 Å². The van der Waals surface area contributed by atoms with E-state index in [0.717, 1.165) is 12.0 Å². The largest absolute Gasteiger partial charge is 0.504 e. The van der Waals surface area contributed by atoms with Crippen molar-refractivity contribution in [3.8, 4) is 11.5 Å². The molecule has 1 aromatic rings. The van der Waals surface area contributed by atoms with Gasteiger partial charge in [0.15, 0.2) is 11.5 Å². The number of benzene rings is 1. The molecule has 1 aromatic carbocycles. The number of amides is 1. The molecule has 5 nitrogen and oxygen atoms in total. The van der Waals surface area contributed by atoms with E-state index in [1.165, 1.54) is 7.05 Å². The predicted octanol–water partition coefficient (Wildman–Crippen LogP) is 1.99. The van der Waals surface area contributed by atoms with Crippen LogP contribution in [0.2, 0.25) is 0 Å². The monoisotopic (exact) mass is 239 g/mol. The lowest BCUT2D eigenvalue weighted by atomic mass is 10.0. The zero-order valence-corrected chi connectivity index (χ0v) is 10.2. The Bertz CT molecular complexity index is 415. The molecule has 2 rings (SSSR count). The van der Waals surface area contributed by atoms with E-state index in [1.807, 2.05) is 31.3 Å². The van der Waals surface area contributed by atoms with Crippen LogP contribution in [0.4, 0.5) is 4.79 Å². The minimum atomic E-state index is -0.995. The third kappa shape index (κ3) is 3.55. The van der Waals surface area contributed by atoms with Crippen LogP contribution in [-0.2, 0) is 6.42 Å². The topological polar surface area (TPSA) is 78.8 Å². The van der Waals surface area contributed by atoms with Crippen molar-refractivity contribution in [2.45, 2.75) is 25.9 Å². The maximum absolute atomic E-state index is 9.44. The average molecular weight is 239 g/mol. The molecule has 1 aliphatic heterocycles. The van der Waals surface area contributed by atoms with Crippen molar-refractivity contribution in [3.63, 3.8) is 0 Å². The molecule has 0 radical (unpaired) electrons. The van der Waals surface area contributed by atoms with Gasteiger partial charge in [-0.1, -0.05) is 12.1 Å². The lowest BCUT2D eigenvalue weighted by Crippen LogP contribution is -2.24. The zero-order valence-electron chi connectivity index (χ0n) is 10.2. The summed E-state index contributed by atoms with van der Waals surface area (Å²) in [5.41, 5.74) is 0.932. The van der Waals surface area contributed by atoms with Crippen molar-refractivity contribution < 1.29 is 19.7 Å². The van der Waals surface area contributed by atoms with Gasteiger partial charge < -0.3 is 20.3 Å². The molecule has 1 heterocycles. The molecule has 0 fully saturated rings. The quantitative estimate of drug-likeness (QED) is 0.647. The molecule has 1 amide bonds. The van der Waals surface area contributed by atoms with Crippen LogP contribution >= 0.6 is 0 Å². The smallest absolute Gasteiger partial charge is 0.404 e. The highest BCUT2D eigenvalue weighted by atomic mass is 16.5. The summed E-state index contributed by atoms with van der Waals surface area (Å²) in [6, 6.07) is 5.49. The fourth-order valence-electron chi connectivity index (χ4n) is 1.60. The Labute approximate surface area is 100 Å². The number of phenols is 1. The summed E-state index contributed by atoms with van der Waals surface area (Å²) in [5.74, 6) is 0.903. The number of carboxylic acid groups (broad SMARTS) is 1. The van der Waals surface area contributed by atoms with Gasteiger partial charge in [0.25, 0.3) is 0 Å². The highest BCUT2D eigenvalue weighted by Gasteiger charge is 2.31. The number of hydrogen-bond acceptors (Lipinski definition) is 3. The number of hydrogen-bond donors (Lipinski definition) is 3. The molecule has 17 heavy (non-hydrogen) atoms. The number of para-hydroxylation sites is 1. The van der Waals surface area contributed by atoms with Crippen molar-refractivity contribution in [2.75, 3.05) is 7.05 Å². The summed E-state index contributed by atoms with van der Waals surface area (Å²) in [6.07, 6.45) is -0.124. The number of ether oxygens (including phenoxy) is 1. The van der Waals surface area contributed by atoms with Crippen molar-refractivity contribution in [1.29, 1.82) is 0 Å². The van der Waals surface area contributed by atoms with Gasteiger partial charge in [0, 0.05) is 19.0 Å². The summed E-state index contributed by atoms with van der Waals surface area (Å²) < 4.78 is 5.58. The summed E-state index contributed by atoms with van der Waals surface area (Å²) in [6.45, 7) is 4.04. The Kier molecular flexibility index (Phi) is 3.83. The summed E-state index contributed by atoms with van der Waals surface area (Å²) in [7, 11) is 1.35. The predicted molar refractivity (Wildman–Crippen MR) is 63.6 cm³/mol. The van der Waals surface area contributed by atoms with Crippen LogP contribution < -0.4 is 10.1 Å². The Morgan fingerprint density at radius 2 is 2.06 bits per heavy atom. The molecule has 0 unspecified atom stereocenters. The van der Waals surface area contributed by atoms with Crippen molar-refractivity contribution in [3.05, 3.63) is 23.8 Å². The highest BCUT2D eigenvalue weighted by molar-refractivity contribution is 5.63. The molecule has 94 valence electrons. The molecule has 0 atom stereocenters. The van der Waals surface area contributed by atoms with Crippen molar-refractivity contribution >= 4 is 6.09 Å². The van der Waals surface area contributed by atoms with E-state index in [-0.39, 0.29) is 11.4 Å². The van der Waals surface area contributed by atoms with E-state index in [9.17, 15) is 9.90 Å². The number of fused-ring (bicyclic) bond motifs is 1. The first kappa shape index (κ1) is 13.2. The second-order valence-corrected chi connectivity index (χ2v) is 4.36. The number of rotatable bonds is 0. The van der Waals surface area contributed by atoms with E-state index in [1.54, 1.807) is 6.07 Å². The third-order valence-corrected chi connectivity index (χ3v) is 2.28. The van der Waals surface area contributed by atoms with E-state index in [2.05, 4.69) is 0 Å². The van der Waals surface area contributed by atoms with E-state index in [0.29, 0.717) is 5.75 Å². The van der Waals surface area contributed by atoms with Crippen LogP contribution in [-0.4, -0.2) is 29.0 Å². The van der Waals surface area contributed by atoms with Crippen molar-refractivity contribution in [2.24, 2.45) is 0 Å². The molecular weight excluding hydrogens is 222 g/mol. The second-order valence-electron chi connectivity index (χ2n) is 4.36. The zero-order chi connectivity index (χ0) is 13.1. The number of aromatic hydroxyl groups is 1. The van der Waals surface area contributed by atoms with Gasteiger partial charge in [0.05, 0.1) is 0 Å². The minimum absolute atomic E-state index is 0.166. The first-order valence-corrected chi connectivity index (χ1v) is 5.26.